The highest BCUT2D eigenvalue weighted by Crippen LogP contribution is 2.28. The van der Waals surface area contributed by atoms with Crippen LogP contribution in [-0.4, -0.2) is 16.0 Å². The van der Waals surface area contributed by atoms with Gasteiger partial charge in [-0.25, -0.2) is 9.97 Å². The normalized spacial score (nSPS) is 12.4. The third kappa shape index (κ3) is 4.49. The Labute approximate surface area is 122 Å². The van der Waals surface area contributed by atoms with Gasteiger partial charge in [-0.05, 0) is 31.0 Å². The summed E-state index contributed by atoms with van der Waals surface area (Å²) < 4.78 is 0. The van der Waals surface area contributed by atoms with Crippen LogP contribution < -0.4 is 5.73 Å². The Bertz CT molecular complexity index is 528. The number of rotatable bonds is 5. The number of hydrogen-bond donors (Lipinski definition) is 1. The van der Waals surface area contributed by atoms with Crippen LogP contribution in [0.2, 0.25) is 5.02 Å². The maximum Gasteiger partial charge on any atom is 0.138 e. The van der Waals surface area contributed by atoms with Gasteiger partial charge in [0, 0.05) is 23.3 Å². The molecule has 100 valence electrons. The summed E-state index contributed by atoms with van der Waals surface area (Å²) in [6.07, 6.45) is 4.50. The minimum Gasteiger partial charge on any atom is -0.328 e. The Kier molecular flexibility index (Phi) is 5.19. The molecule has 1 aromatic heterocycles. The average molecular weight is 294 g/mol. The monoisotopic (exact) mass is 293 g/mol. The van der Waals surface area contributed by atoms with E-state index in [1.54, 1.807) is 11.8 Å². The topological polar surface area (TPSA) is 51.8 Å². The average Bonchev–Trinajstić information content (AvgIpc) is 2.39. The summed E-state index contributed by atoms with van der Waals surface area (Å²) in [5.41, 5.74) is 6.81. The number of nitrogens with two attached hydrogens (primary N) is 1. The smallest absolute Gasteiger partial charge is 0.138 e. The summed E-state index contributed by atoms with van der Waals surface area (Å²) in [5, 5.41) is 0.765. The summed E-state index contributed by atoms with van der Waals surface area (Å²) in [6.45, 7) is 1.97. The highest BCUT2D eigenvalue weighted by Gasteiger charge is 2.04. The second kappa shape index (κ2) is 6.89. The molecule has 0 aliphatic rings. The van der Waals surface area contributed by atoms with E-state index in [0.29, 0.717) is 5.75 Å². The van der Waals surface area contributed by atoms with E-state index >= 15 is 0 Å². The van der Waals surface area contributed by atoms with E-state index in [1.165, 1.54) is 0 Å². The van der Waals surface area contributed by atoms with Crippen LogP contribution >= 0.6 is 23.4 Å². The van der Waals surface area contributed by atoms with Gasteiger partial charge in [-0.3, -0.25) is 0 Å². The molecule has 2 rings (SSSR count). The molecule has 0 saturated carbocycles. The van der Waals surface area contributed by atoms with Gasteiger partial charge in [-0.2, -0.15) is 0 Å². The minimum atomic E-state index is 0.131. The van der Waals surface area contributed by atoms with Crippen LogP contribution in [0.1, 0.15) is 18.3 Å². The van der Waals surface area contributed by atoms with E-state index in [9.17, 15) is 0 Å². The molecule has 1 heterocycles. The maximum absolute atomic E-state index is 6.10. The van der Waals surface area contributed by atoms with Gasteiger partial charge in [0.05, 0.1) is 10.8 Å². The SMILES string of the molecule is CC(N)Cc1cnc(CSc2ccccc2Cl)nc1. The zero-order valence-electron chi connectivity index (χ0n) is 10.7. The van der Waals surface area contributed by atoms with Crippen molar-refractivity contribution in [3.8, 4) is 0 Å². The lowest BCUT2D eigenvalue weighted by molar-refractivity contribution is 0.730. The Morgan fingerprint density at radius 2 is 1.95 bits per heavy atom. The predicted octanol–water partition coefficient (Wildman–Crippen LogP) is 3.31. The van der Waals surface area contributed by atoms with Crippen LogP contribution in [0.3, 0.4) is 0 Å². The lowest BCUT2D eigenvalue weighted by Crippen LogP contribution is -2.18. The van der Waals surface area contributed by atoms with Crippen LogP contribution in [0.5, 0.6) is 0 Å². The van der Waals surface area contributed by atoms with E-state index in [1.807, 2.05) is 43.6 Å². The summed E-state index contributed by atoms with van der Waals surface area (Å²) >= 11 is 7.74. The van der Waals surface area contributed by atoms with Crippen molar-refractivity contribution in [3.05, 3.63) is 53.1 Å². The molecule has 1 aromatic carbocycles. The maximum atomic E-state index is 6.10. The lowest BCUT2D eigenvalue weighted by Gasteiger charge is -2.06. The summed E-state index contributed by atoms with van der Waals surface area (Å²) in [5.74, 6) is 1.51. The Morgan fingerprint density at radius 1 is 1.26 bits per heavy atom. The molecule has 19 heavy (non-hydrogen) atoms. The fourth-order valence-corrected chi connectivity index (χ4v) is 2.75. The zero-order chi connectivity index (χ0) is 13.7. The molecule has 0 fully saturated rings. The van der Waals surface area contributed by atoms with Crippen molar-refractivity contribution in [2.24, 2.45) is 5.73 Å². The standard InChI is InChI=1S/C14H16ClN3S/c1-10(16)6-11-7-17-14(18-8-11)9-19-13-5-3-2-4-12(13)15/h2-5,7-8,10H,6,9,16H2,1H3. The third-order valence-corrected chi connectivity index (χ3v) is 4.02. The second-order valence-corrected chi connectivity index (χ2v) is 5.83. The van der Waals surface area contributed by atoms with Crippen LogP contribution in [0.4, 0.5) is 0 Å². The molecule has 1 unspecified atom stereocenters. The van der Waals surface area contributed by atoms with Gasteiger partial charge in [-0.1, -0.05) is 23.7 Å². The third-order valence-electron chi connectivity index (χ3n) is 2.51. The Balaban J connectivity index is 1.95. The minimum absolute atomic E-state index is 0.131. The molecule has 0 amide bonds. The van der Waals surface area contributed by atoms with Crippen molar-refractivity contribution >= 4 is 23.4 Å². The van der Waals surface area contributed by atoms with Crippen molar-refractivity contribution in [2.75, 3.05) is 0 Å². The number of aromatic nitrogens is 2. The largest absolute Gasteiger partial charge is 0.328 e. The number of benzene rings is 1. The van der Waals surface area contributed by atoms with Gasteiger partial charge < -0.3 is 5.73 Å². The number of nitrogens with zero attached hydrogens (tertiary/aromatic N) is 2. The van der Waals surface area contributed by atoms with Crippen LogP contribution in [0.25, 0.3) is 0 Å². The number of thioether (sulfide) groups is 1. The molecule has 0 bridgehead atoms. The molecule has 0 radical (unpaired) electrons. The molecule has 2 N–H and O–H groups in total. The van der Waals surface area contributed by atoms with E-state index in [-0.39, 0.29) is 6.04 Å². The van der Waals surface area contributed by atoms with E-state index in [4.69, 9.17) is 17.3 Å². The van der Waals surface area contributed by atoms with E-state index < -0.39 is 0 Å². The summed E-state index contributed by atoms with van der Waals surface area (Å²) in [4.78, 5) is 9.74. The molecule has 2 aromatic rings. The first-order chi connectivity index (χ1) is 9.15. The van der Waals surface area contributed by atoms with Gasteiger partial charge in [0.2, 0.25) is 0 Å². The highest BCUT2D eigenvalue weighted by atomic mass is 35.5. The predicted molar refractivity (Wildman–Crippen MR) is 80.4 cm³/mol. The Morgan fingerprint density at radius 3 is 2.58 bits per heavy atom. The number of halogens is 1. The molecular weight excluding hydrogens is 278 g/mol. The summed E-state index contributed by atoms with van der Waals surface area (Å²) in [7, 11) is 0. The first-order valence-electron chi connectivity index (χ1n) is 6.08. The van der Waals surface area contributed by atoms with Gasteiger partial charge in [0.25, 0.3) is 0 Å². The van der Waals surface area contributed by atoms with Gasteiger partial charge in [0.1, 0.15) is 5.82 Å². The van der Waals surface area contributed by atoms with Crippen molar-refractivity contribution in [1.82, 2.24) is 9.97 Å². The molecule has 0 saturated heterocycles. The molecule has 1 atom stereocenters. The van der Waals surface area contributed by atoms with Crippen molar-refractivity contribution in [2.45, 2.75) is 30.0 Å². The van der Waals surface area contributed by atoms with E-state index in [2.05, 4.69) is 9.97 Å². The van der Waals surface area contributed by atoms with Crippen molar-refractivity contribution in [3.63, 3.8) is 0 Å². The van der Waals surface area contributed by atoms with Crippen LogP contribution in [0.15, 0.2) is 41.6 Å². The van der Waals surface area contributed by atoms with Gasteiger partial charge in [-0.15, -0.1) is 11.8 Å². The van der Waals surface area contributed by atoms with Gasteiger partial charge >= 0.3 is 0 Å². The Hall–Kier alpha value is -1.10. The quantitative estimate of drug-likeness (QED) is 0.859. The molecule has 0 aliphatic heterocycles. The molecule has 3 nitrogen and oxygen atoms in total. The number of hydrogen-bond acceptors (Lipinski definition) is 4. The molecule has 5 heteroatoms. The van der Waals surface area contributed by atoms with Crippen LogP contribution in [-0.2, 0) is 12.2 Å². The molecular formula is C14H16ClN3S. The highest BCUT2D eigenvalue weighted by molar-refractivity contribution is 7.98. The first-order valence-corrected chi connectivity index (χ1v) is 7.44. The fourth-order valence-electron chi connectivity index (χ4n) is 1.64. The van der Waals surface area contributed by atoms with Gasteiger partial charge in [0.15, 0.2) is 0 Å². The van der Waals surface area contributed by atoms with Crippen molar-refractivity contribution < 1.29 is 0 Å². The molecule has 0 aliphatic carbocycles. The van der Waals surface area contributed by atoms with Crippen LogP contribution in [0, 0.1) is 0 Å². The second-order valence-electron chi connectivity index (χ2n) is 4.41. The zero-order valence-corrected chi connectivity index (χ0v) is 12.3. The lowest BCUT2D eigenvalue weighted by atomic mass is 10.1. The van der Waals surface area contributed by atoms with Crippen molar-refractivity contribution in [1.29, 1.82) is 0 Å². The molecule has 0 spiro atoms. The summed E-state index contributed by atoms with van der Waals surface area (Å²) in [6, 6.07) is 7.91. The van der Waals surface area contributed by atoms with E-state index in [0.717, 1.165) is 27.7 Å². The fraction of sp³-hybridized carbons (Fsp3) is 0.286. The first kappa shape index (κ1) is 14.3.